The Hall–Kier alpha value is -2.47. The fourth-order valence-electron chi connectivity index (χ4n) is 2.71. The van der Waals surface area contributed by atoms with E-state index in [9.17, 15) is 9.90 Å². The number of carbonyl (C=O) groups is 1. The van der Waals surface area contributed by atoms with Gasteiger partial charge in [-0.1, -0.05) is 40.9 Å². The zero-order valence-electron chi connectivity index (χ0n) is 16.5. The van der Waals surface area contributed by atoms with Crippen LogP contribution in [0.1, 0.15) is 29.8 Å². The van der Waals surface area contributed by atoms with E-state index in [0.717, 1.165) is 16.0 Å². The third-order valence-corrected chi connectivity index (χ3v) is 6.17. The summed E-state index contributed by atoms with van der Waals surface area (Å²) >= 11 is 13.8. The molecule has 0 atom stereocenters. The molecule has 0 saturated heterocycles. The van der Waals surface area contributed by atoms with Crippen LogP contribution in [0.4, 0.5) is 5.00 Å². The van der Waals surface area contributed by atoms with Crippen LogP contribution in [0, 0.1) is 0 Å². The number of thiophene rings is 1. The van der Waals surface area contributed by atoms with E-state index in [1.807, 2.05) is 44.2 Å². The number of allylic oxidation sites excluding steroid dienone is 1. The van der Waals surface area contributed by atoms with E-state index in [-0.39, 0.29) is 12.2 Å². The summed E-state index contributed by atoms with van der Waals surface area (Å²) in [7, 11) is 0. The standard InChI is InChI=1S/C23H21Cl2NO3S/c1-14(2)10-11-26-22-17(23(27)28)12-21(30-22)15-6-8-16(9-7-15)29-13-18-19(24)4-3-5-20(18)25/h3-10,12,26H,11,13H2,1-2H3,(H,27,28). The van der Waals surface area contributed by atoms with Gasteiger partial charge in [-0.05, 0) is 61.9 Å². The van der Waals surface area contributed by atoms with Crippen molar-refractivity contribution >= 4 is 45.5 Å². The molecule has 2 N–H and O–H groups in total. The molecule has 3 aromatic rings. The Labute approximate surface area is 189 Å². The maximum Gasteiger partial charge on any atom is 0.338 e. The van der Waals surface area contributed by atoms with E-state index in [4.69, 9.17) is 27.9 Å². The SMILES string of the molecule is CC(C)=CCNc1sc(-c2ccc(OCc3c(Cl)cccc3Cl)cc2)cc1C(=O)O. The number of hydrogen-bond acceptors (Lipinski definition) is 4. The molecule has 0 aliphatic heterocycles. The third-order valence-electron chi connectivity index (χ3n) is 4.32. The lowest BCUT2D eigenvalue weighted by Gasteiger charge is -2.10. The molecule has 0 unspecified atom stereocenters. The largest absolute Gasteiger partial charge is 0.489 e. The Morgan fingerprint density at radius 1 is 1.13 bits per heavy atom. The molecule has 3 rings (SSSR count). The van der Waals surface area contributed by atoms with E-state index >= 15 is 0 Å². The molecular formula is C23H21Cl2NO3S. The molecule has 0 amide bonds. The van der Waals surface area contributed by atoms with Crippen molar-refractivity contribution in [2.45, 2.75) is 20.5 Å². The molecule has 156 valence electrons. The Kier molecular flexibility index (Phi) is 7.43. The highest BCUT2D eigenvalue weighted by Crippen LogP contribution is 2.36. The van der Waals surface area contributed by atoms with E-state index in [0.29, 0.717) is 27.3 Å². The lowest BCUT2D eigenvalue weighted by molar-refractivity contribution is 0.0698. The molecule has 0 aliphatic carbocycles. The molecule has 7 heteroatoms. The summed E-state index contributed by atoms with van der Waals surface area (Å²) in [6.45, 7) is 4.85. The molecule has 0 spiro atoms. The van der Waals surface area contributed by atoms with Gasteiger partial charge in [0.05, 0.1) is 5.56 Å². The minimum absolute atomic E-state index is 0.262. The molecule has 1 heterocycles. The van der Waals surface area contributed by atoms with Crippen molar-refractivity contribution in [1.29, 1.82) is 0 Å². The van der Waals surface area contributed by atoms with Crippen LogP contribution in [0.2, 0.25) is 10.0 Å². The molecule has 1 aromatic heterocycles. The summed E-state index contributed by atoms with van der Waals surface area (Å²) in [6.07, 6.45) is 2.02. The van der Waals surface area contributed by atoms with Gasteiger partial charge in [-0.25, -0.2) is 4.79 Å². The normalized spacial score (nSPS) is 10.5. The van der Waals surface area contributed by atoms with Crippen molar-refractivity contribution in [1.82, 2.24) is 0 Å². The predicted octanol–water partition coefficient (Wildman–Crippen LogP) is 7.38. The molecule has 2 aromatic carbocycles. The predicted molar refractivity (Wildman–Crippen MR) is 125 cm³/mol. The number of ether oxygens (including phenoxy) is 1. The number of benzene rings is 2. The minimum atomic E-state index is -0.950. The van der Waals surface area contributed by atoms with Crippen molar-refractivity contribution in [3.8, 4) is 16.2 Å². The highest BCUT2D eigenvalue weighted by Gasteiger charge is 2.16. The first-order valence-electron chi connectivity index (χ1n) is 9.25. The molecule has 0 bridgehead atoms. The van der Waals surface area contributed by atoms with E-state index in [2.05, 4.69) is 5.32 Å². The number of carboxylic acid groups (broad SMARTS) is 1. The lowest BCUT2D eigenvalue weighted by atomic mass is 10.1. The number of carboxylic acids is 1. The van der Waals surface area contributed by atoms with Crippen molar-refractivity contribution in [2.75, 3.05) is 11.9 Å². The van der Waals surface area contributed by atoms with Gasteiger partial charge in [0.15, 0.2) is 0 Å². The van der Waals surface area contributed by atoms with Crippen LogP contribution in [0.5, 0.6) is 5.75 Å². The topological polar surface area (TPSA) is 58.6 Å². The summed E-state index contributed by atoms with van der Waals surface area (Å²) < 4.78 is 5.81. The van der Waals surface area contributed by atoms with Gasteiger partial charge in [-0.15, -0.1) is 11.3 Å². The molecule has 0 fully saturated rings. The zero-order valence-corrected chi connectivity index (χ0v) is 18.9. The zero-order chi connectivity index (χ0) is 21.7. The summed E-state index contributed by atoms with van der Waals surface area (Å²) in [6, 6.07) is 14.5. The van der Waals surface area contributed by atoms with Crippen molar-refractivity contribution < 1.29 is 14.6 Å². The van der Waals surface area contributed by atoms with Gasteiger partial charge < -0.3 is 15.2 Å². The Morgan fingerprint density at radius 3 is 2.40 bits per heavy atom. The summed E-state index contributed by atoms with van der Waals surface area (Å²) in [5.74, 6) is -0.277. The number of halogens is 2. The van der Waals surface area contributed by atoms with Crippen LogP contribution in [0.3, 0.4) is 0 Å². The monoisotopic (exact) mass is 461 g/mol. The van der Waals surface area contributed by atoms with Crippen molar-refractivity contribution in [3.05, 3.63) is 81.4 Å². The highest BCUT2D eigenvalue weighted by molar-refractivity contribution is 7.19. The minimum Gasteiger partial charge on any atom is -0.489 e. The maximum atomic E-state index is 11.6. The summed E-state index contributed by atoms with van der Waals surface area (Å²) in [5.41, 5.74) is 3.10. The summed E-state index contributed by atoms with van der Waals surface area (Å²) in [5, 5.41) is 14.5. The fraction of sp³-hybridized carbons (Fsp3) is 0.174. The van der Waals surface area contributed by atoms with Crippen LogP contribution < -0.4 is 10.1 Å². The average molecular weight is 462 g/mol. The second-order valence-corrected chi connectivity index (χ2v) is 8.70. The van der Waals surface area contributed by atoms with Gasteiger partial charge in [0.25, 0.3) is 0 Å². The number of hydrogen-bond donors (Lipinski definition) is 2. The van der Waals surface area contributed by atoms with Gasteiger partial charge in [0.1, 0.15) is 17.4 Å². The van der Waals surface area contributed by atoms with E-state index < -0.39 is 5.97 Å². The summed E-state index contributed by atoms with van der Waals surface area (Å²) in [4.78, 5) is 12.5. The van der Waals surface area contributed by atoms with Gasteiger partial charge in [-0.3, -0.25) is 0 Å². The molecular weight excluding hydrogens is 441 g/mol. The Balaban J connectivity index is 1.74. The maximum absolute atomic E-state index is 11.6. The third kappa shape index (κ3) is 5.57. The smallest absolute Gasteiger partial charge is 0.338 e. The first-order chi connectivity index (χ1) is 14.3. The van der Waals surface area contributed by atoms with Gasteiger partial charge >= 0.3 is 5.97 Å². The number of nitrogens with one attached hydrogen (secondary N) is 1. The van der Waals surface area contributed by atoms with Gasteiger partial charge in [-0.2, -0.15) is 0 Å². The van der Waals surface area contributed by atoms with Crippen molar-refractivity contribution in [2.24, 2.45) is 0 Å². The second-order valence-electron chi connectivity index (χ2n) is 6.83. The number of aromatic carboxylic acids is 1. The average Bonchev–Trinajstić information content (AvgIpc) is 3.12. The van der Waals surface area contributed by atoms with Crippen LogP contribution in [-0.2, 0) is 6.61 Å². The van der Waals surface area contributed by atoms with E-state index in [1.165, 1.54) is 16.9 Å². The Bertz CT molecular complexity index is 1050. The number of anilines is 1. The van der Waals surface area contributed by atoms with Crippen LogP contribution in [0.25, 0.3) is 10.4 Å². The fourth-order valence-corrected chi connectivity index (χ4v) is 4.28. The van der Waals surface area contributed by atoms with Gasteiger partial charge in [0, 0.05) is 27.0 Å². The molecule has 4 nitrogen and oxygen atoms in total. The van der Waals surface area contributed by atoms with E-state index in [1.54, 1.807) is 24.3 Å². The lowest BCUT2D eigenvalue weighted by Crippen LogP contribution is -2.03. The first kappa shape index (κ1) is 22.2. The van der Waals surface area contributed by atoms with Crippen LogP contribution in [0.15, 0.2) is 60.2 Å². The second kappa shape index (κ2) is 10.0. The van der Waals surface area contributed by atoms with Gasteiger partial charge in [0.2, 0.25) is 0 Å². The molecule has 0 saturated carbocycles. The Morgan fingerprint density at radius 2 is 1.80 bits per heavy atom. The molecule has 0 radical (unpaired) electrons. The molecule has 30 heavy (non-hydrogen) atoms. The molecule has 0 aliphatic rings. The first-order valence-corrected chi connectivity index (χ1v) is 10.8. The number of rotatable bonds is 8. The van der Waals surface area contributed by atoms with Crippen molar-refractivity contribution in [3.63, 3.8) is 0 Å². The van der Waals surface area contributed by atoms with Crippen LogP contribution >= 0.6 is 34.5 Å². The van der Waals surface area contributed by atoms with Crippen LogP contribution in [-0.4, -0.2) is 17.6 Å². The quantitative estimate of drug-likeness (QED) is 0.343. The highest BCUT2D eigenvalue weighted by atomic mass is 35.5.